The first kappa shape index (κ1) is 13.6. The molecule has 1 aromatic carbocycles. The maximum atomic E-state index is 3.77. The first-order valence-corrected chi connectivity index (χ1v) is 7.46. The largest absolute Gasteiger partial charge is 0.310 e. The molecule has 0 aliphatic heterocycles. The zero-order valence-electron chi connectivity index (χ0n) is 12.1. The lowest BCUT2D eigenvalue weighted by molar-refractivity contribution is 0.258. The van der Waals surface area contributed by atoms with Crippen LogP contribution in [0.4, 0.5) is 0 Å². The van der Waals surface area contributed by atoms with Crippen LogP contribution in [-0.4, -0.2) is 6.54 Å². The van der Waals surface area contributed by atoms with Gasteiger partial charge in [0.05, 0.1) is 0 Å². The van der Waals surface area contributed by atoms with E-state index in [1.54, 1.807) is 0 Å². The molecule has 0 bridgehead atoms. The number of hydrogen-bond acceptors (Lipinski definition) is 1. The second kappa shape index (κ2) is 5.88. The Bertz CT molecular complexity index is 377. The minimum Gasteiger partial charge on any atom is -0.310 e. The molecule has 0 radical (unpaired) electrons. The van der Waals surface area contributed by atoms with E-state index >= 15 is 0 Å². The van der Waals surface area contributed by atoms with E-state index in [4.69, 9.17) is 0 Å². The monoisotopic (exact) mass is 245 g/mol. The predicted molar refractivity (Wildman–Crippen MR) is 78.8 cm³/mol. The number of benzene rings is 1. The summed E-state index contributed by atoms with van der Waals surface area (Å²) in [6.45, 7) is 8.03. The van der Waals surface area contributed by atoms with E-state index in [0.717, 1.165) is 0 Å². The molecular formula is C17H27N. The first-order chi connectivity index (χ1) is 8.67. The number of rotatable bonds is 5. The molecule has 1 unspecified atom stereocenters. The van der Waals surface area contributed by atoms with Gasteiger partial charge in [-0.2, -0.15) is 0 Å². The molecule has 0 amide bonds. The summed E-state index contributed by atoms with van der Waals surface area (Å²) in [4.78, 5) is 0. The van der Waals surface area contributed by atoms with Gasteiger partial charge in [0, 0.05) is 12.6 Å². The van der Waals surface area contributed by atoms with Gasteiger partial charge in [0.1, 0.15) is 0 Å². The van der Waals surface area contributed by atoms with Crippen LogP contribution in [0.15, 0.2) is 24.3 Å². The third kappa shape index (κ3) is 2.95. The SMILES string of the molecule is CCC1(CNC(C)c2ccccc2C)CCCC1. The topological polar surface area (TPSA) is 12.0 Å². The van der Waals surface area contributed by atoms with Crippen LogP contribution < -0.4 is 5.32 Å². The highest BCUT2D eigenvalue weighted by atomic mass is 14.9. The molecule has 0 saturated heterocycles. The average Bonchev–Trinajstić information content (AvgIpc) is 2.86. The maximum absolute atomic E-state index is 3.77. The summed E-state index contributed by atoms with van der Waals surface area (Å²) in [7, 11) is 0. The van der Waals surface area contributed by atoms with Crippen molar-refractivity contribution in [2.24, 2.45) is 5.41 Å². The van der Waals surface area contributed by atoms with Crippen LogP contribution in [0.5, 0.6) is 0 Å². The van der Waals surface area contributed by atoms with E-state index in [2.05, 4.69) is 50.4 Å². The third-order valence-electron chi connectivity index (χ3n) is 4.85. The van der Waals surface area contributed by atoms with Gasteiger partial charge in [-0.15, -0.1) is 0 Å². The molecule has 2 rings (SSSR count). The van der Waals surface area contributed by atoms with Crippen LogP contribution in [0.1, 0.15) is 63.1 Å². The lowest BCUT2D eigenvalue weighted by atomic mass is 9.83. The fourth-order valence-electron chi connectivity index (χ4n) is 3.33. The molecule has 1 atom stereocenters. The van der Waals surface area contributed by atoms with Crippen LogP contribution in [0.25, 0.3) is 0 Å². The molecule has 1 aliphatic carbocycles. The van der Waals surface area contributed by atoms with E-state index in [0.29, 0.717) is 11.5 Å². The molecule has 1 aromatic rings. The predicted octanol–water partition coefficient (Wildman–Crippen LogP) is 4.62. The Balaban J connectivity index is 1.96. The van der Waals surface area contributed by atoms with Gasteiger partial charge in [-0.3, -0.25) is 0 Å². The highest BCUT2D eigenvalue weighted by Gasteiger charge is 2.31. The quantitative estimate of drug-likeness (QED) is 0.798. The maximum Gasteiger partial charge on any atom is 0.0294 e. The molecule has 1 N–H and O–H groups in total. The van der Waals surface area contributed by atoms with Gasteiger partial charge < -0.3 is 5.32 Å². The zero-order valence-corrected chi connectivity index (χ0v) is 12.1. The highest BCUT2D eigenvalue weighted by molar-refractivity contribution is 5.28. The molecule has 0 spiro atoms. The summed E-state index contributed by atoms with van der Waals surface area (Å²) in [5.41, 5.74) is 3.42. The van der Waals surface area contributed by atoms with Crippen LogP contribution in [0, 0.1) is 12.3 Å². The molecule has 100 valence electrons. The minimum absolute atomic E-state index is 0.468. The standard InChI is InChI=1S/C17H27N/c1-4-17(11-7-8-12-17)13-18-15(3)16-10-6-5-9-14(16)2/h5-6,9-10,15,18H,4,7-8,11-13H2,1-3H3. The minimum atomic E-state index is 0.468. The van der Waals surface area contributed by atoms with E-state index in [-0.39, 0.29) is 0 Å². The van der Waals surface area contributed by atoms with Crippen LogP contribution in [0.2, 0.25) is 0 Å². The molecule has 1 nitrogen and oxygen atoms in total. The molecule has 18 heavy (non-hydrogen) atoms. The Hall–Kier alpha value is -0.820. The normalized spacial score (nSPS) is 19.9. The van der Waals surface area contributed by atoms with Crippen LogP contribution >= 0.6 is 0 Å². The lowest BCUT2D eigenvalue weighted by Crippen LogP contribution is -2.33. The van der Waals surface area contributed by atoms with Crippen molar-refractivity contribution in [1.29, 1.82) is 0 Å². The van der Waals surface area contributed by atoms with Gasteiger partial charge in [0.15, 0.2) is 0 Å². The molecular weight excluding hydrogens is 218 g/mol. The zero-order chi connectivity index (χ0) is 13.0. The summed E-state index contributed by atoms with van der Waals surface area (Å²) >= 11 is 0. The third-order valence-corrected chi connectivity index (χ3v) is 4.85. The summed E-state index contributed by atoms with van der Waals surface area (Å²) in [6, 6.07) is 9.19. The highest BCUT2D eigenvalue weighted by Crippen LogP contribution is 2.40. The van der Waals surface area contributed by atoms with Gasteiger partial charge >= 0.3 is 0 Å². The molecule has 1 fully saturated rings. The van der Waals surface area contributed by atoms with Crippen LogP contribution in [0.3, 0.4) is 0 Å². The van der Waals surface area contributed by atoms with E-state index in [9.17, 15) is 0 Å². The van der Waals surface area contributed by atoms with Crippen LogP contribution in [-0.2, 0) is 0 Å². The van der Waals surface area contributed by atoms with Gasteiger partial charge in [0.2, 0.25) is 0 Å². The Kier molecular flexibility index (Phi) is 4.45. The molecule has 1 heteroatoms. The summed E-state index contributed by atoms with van der Waals surface area (Å²) < 4.78 is 0. The fourth-order valence-corrected chi connectivity index (χ4v) is 3.33. The summed E-state index contributed by atoms with van der Waals surface area (Å²) in [5, 5.41) is 3.77. The van der Waals surface area contributed by atoms with Crippen molar-refractivity contribution in [3.05, 3.63) is 35.4 Å². The summed E-state index contributed by atoms with van der Waals surface area (Å²) in [5.74, 6) is 0. The fraction of sp³-hybridized carbons (Fsp3) is 0.647. The van der Waals surface area contributed by atoms with Gasteiger partial charge in [-0.1, -0.05) is 44.0 Å². The van der Waals surface area contributed by atoms with E-state index in [1.807, 2.05) is 0 Å². The number of hydrogen-bond donors (Lipinski definition) is 1. The van der Waals surface area contributed by atoms with Gasteiger partial charge in [0.25, 0.3) is 0 Å². The number of aryl methyl sites for hydroxylation is 1. The van der Waals surface area contributed by atoms with E-state index in [1.165, 1.54) is 49.8 Å². The van der Waals surface area contributed by atoms with Crippen molar-refractivity contribution in [3.63, 3.8) is 0 Å². The van der Waals surface area contributed by atoms with Gasteiger partial charge in [-0.05, 0) is 49.7 Å². The van der Waals surface area contributed by atoms with Crippen molar-refractivity contribution in [3.8, 4) is 0 Å². The van der Waals surface area contributed by atoms with Crippen molar-refractivity contribution < 1.29 is 0 Å². The first-order valence-electron chi connectivity index (χ1n) is 7.46. The van der Waals surface area contributed by atoms with Crippen molar-refractivity contribution in [2.45, 2.75) is 58.9 Å². The average molecular weight is 245 g/mol. The van der Waals surface area contributed by atoms with Crippen molar-refractivity contribution in [1.82, 2.24) is 5.32 Å². The van der Waals surface area contributed by atoms with Crippen molar-refractivity contribution in [2.75, 3.05) is 6.54 Å². The molecule has 0 heterocycles. The Morgan fingerprint density at radius 3 is 2.50 bits per heavy atom. The Labute approximate surface area is 112 Å². The molecule has 1 aliphatic rings. The van der Waals surface area contributed by atoms with Crippen molar-refractivity contribution >= 4 is 0 Å². The molecule has 0 aromatic heterocycles. The second-order valence-corrected chi connectivity index (χ2v) is 6.02. The Morgan fingerprint density at radius 2 is 1.89 bits per heavy atom. The number of nitrogens with one attached hydrogen (secondary N) is 1. The molecule has 1 saturated carbocycles. The summed E-state index contributed by atoms with van der Waals surface area (Å²) in [6.07, 6.45) is 7.00. The Morgan fingerprint density at radius 1 is 1.22 bits per heavy atom. The van der Waals surface area contributed by atoms with E-state index < -0.39 is 0 Å². The lowest BCUT2D eigenvalue weighted by Gasteiger charge is -2.30. The van der Waals surface area contributed by atoms with Gasteiger partial charge in [-0.25, -0.2) is 0 Å². The second-order valence-electron chi connectivity index (χ2n) is 6.02. The smallest absolute Gasteiger partial charge is 0.0294 e.